The van der Waals surface area contributed by atoms with Gasteiger partial charge in [-0.2, -0.15) is 23.5 Å². The van der Waals surface area contributed by atoms with Crippen molar-refractivity contribution in [2.24, 2.45) is 5.41 Å². The summed E-state index contributed by atoms with van der Waals surface area (Å²) in [7, 11) is 0. The third kappa shape index (κ3) is 12.8. The van der Waals surface area contributed by atoms with Crippen molar-refractivity contribution in [1.82, 2.24) is 25.7 Å². The number of H-pyrrole nitrogens is 1. The highest BCUT2D eigenvalue weighted by atomic mass is 32.1. The number of aromatic amines is 1. The Morgan fingerprint density at radius 3 is 2.28 bits per heavy atom. The van der Waals surface area contributed by atoms with E-state index in [1.165, 1.54) is 11.0 Å². The van der Waals surface area contributed by atoms with Gasteiger partial charge in [-0.05, 0) is 110 Å². The average Bonchev–Trinajstić information content (AvgIpc) is 4.03. The Morgan fingerprint density at radius 1 is 0.957 bits per heavy atom. The molecule has 3 heterocycles. The van der Waals surface area contributed by atoms with E-state index in [1.807, 2.05) is 51.1 Å². The molecule has 16 nitrogen and oxygen atoms in total. The molecule has 3 aromatic carbocycles. The molecule has 0 aliphatic carbocycles. The second-order valence-corrected chi connectivity index (χ2v) is 18.7. The maximum absolute atomic E-state index is 13.9. The minimum atomic E-state index is -4.80. The van der Waals surface area contributed by atoms with E-state index in [1.54, 1.807) is 55.3 Å². The van der Waals surface area contributed by atoms with Gasteiger partial charge in [0, 0.05) is 51.2 Å². The van der Waals surface area contributed by atoms with Gasteiger partial charge in [0.2, 0.25) is 17.7 Å². The second kappa shape index (κ2) is 22.4. The zero-order valence-electron chi connectivity index (χ0n) is 39.1. The van der Waals surface area contributed by atoms with Crippen molar-refractivity contribution in [3.8, 4) is 23.1 Å². The van der Waals surface area contributed by atoms with E-state index < -0.39 is 70.1 Å². The lowest BCUT2D eigenvalue weighted by atomic mass is 9.85. The van der Waals surface area contributed by atoms with Crippen LogP contribution in [-0.4, -0.2) is 112 Å². The Morgan fingerprint density at radius 2 is 1.62 bits per heavy atom. The van der Waals surface area contributed by atoms with Crippen LogP contribution in [0.1, 0.15) is 77.0 Å². The number of halogens is 3. The zero-order chi connectivity index (χ0) is 50.1. The molecule has 3 atom stereocenters. The van der Waals surface area contributed by atoms with E-state index in [4.69, 9.17) is 26.4 Å². The Hall–Kier alpha value is -6.40. The summed E-state index contributed by atoms with van der Waals surface area (Å²) in [5, 5.41) is 32.2. The highest BCUT2D eigenvalue weighted by Gasteiger charge is 2.51. The highest BCUT2D eigenvalue weighted by Crippen LogP contribution is 2.40. The number of likely N-dealkylation sites (tertiary alicyclic amines) is 1. The van der Waals surface area contributed by atoms with E-state index in [0.29, 0.717) is 50.5 Å². The summed E-state index contributed by atoms with van der Waals surface area (Å²) < 4.78 is 58.3. The van der Waals surface area contributed by atoms with Gasteiger partial charge in [-0.25, -0.2) is 0 Å². The van der Waals surface area contributed by atoms with Crippen molar-refractivity contribution in [1.29, 1.82) is 5.26 Å². The Kier molecular flexibility index (Phi) is 16.8. The maximum Gasteiger partial charge on any atom is 0.417 e. The molecule has 368 valence electrons. The van der Waals surface area contributed by atoms with Crippen LogP contribution in [0.5, 0.6) is 5.75 Å². The number of hydrogen-bond donors (Lipinski definition) is 4. The number of ether oxygens (including phenoxy) is 3. The van der Waals surface area contributed by atoms with E-state index >= 15 is 0 Å². The minimum absolute atomic E-state index is 0.00751. The average molecular weight is 975 g/mol. The van der Waals surface area contributed by atoms with Crippen LogP contribution in [0.2, 0.25) is 0 Å². The van der Waals surface area contributed by atoms with Gasteiger partial charge in [0.15, 0.2) is 5.11 Å². The molecule has 0 bridgehead atoms. The quantitative estimate of drug-likeness (QED) is 0.0572. The van der Waals surface area contributed by atoms with Crippen LogP contribution < -0.4 is 25.2 Å². The molecule has 2 saturated heterocycles. The van der Waals surface area contributed by atoms with Crippen molar-refractivity contribution >= 4 is 52.3 Å². The van der Waals surface area contributed by atoms with Crippen LogP contribution in [0.25, 0.3) is 11.3 Å². The van der Waals surface area contributed by atoms with E-state index in [-0.39, 0.29) is 43.5 Å². The van der Waals surface area contributed by atoms with Crippen LogP contribution >= 0.6 is 12.2 Å². The van der Waals surface area contributed by atoms with Crippen LogP contribution in [0, 0.1) is 16.7 Å². The van der Waals surface area contributed by atoms with Gasteiger partial charge in [0.1, 0.15) is 30.0 Å². The van der Waals surface area contributed by atoms with E-state index in [9.17, 15) is 42.7 Å². The molecule has 6 rings (SSSR count). The number of amides is 4. The highest BCUT2D eigenvalue weighted by molar-refractivity contribution is 7.81. The van der Waals surface area contributed by atoms with E-state index in [2.05, 4.69) is 20.8 Å². The smallest absolute Gasteiger partial charge is 0.417 e. The fourth-order valence-corrected chi connectivity index (χ4v) is 8.55. The third-order valence-electron chi connectivity index (χ3n) is 11.7. The number of carbonyl (C=O) groups excluding carboxylic acids is 4. The number of aliphatic hydroxyl groups is 1. The largest absolute Gasteiger partial charge is 0.494 e. The standard InChI is InChI=1S/C49H57F3N8O8S/c1-47(2,3)42(44(64)58-29-36(61)26-40(58)43(63)54-28-31-9-11-32(12-10-31)39-19-20-55-57-39)56-41(62)30-67-23-8-22-66-21-6-7-24-68-37-17-15-34(16-18-37)60-46(69)59(45(65)48(60,4)5)35-14-13-33(27-53)38(25-35)49(50,51)52/h9-20,25,36,40,42,61H,6-8,21-24,26,28-30H2,1-5H3,(H,54,63)(H,55,57)(H,56,62)/t36-,40+,42-/m1/s1. The number of anilines is 2. The van der Waals surface area contributed by atoms with E-state index in [0.717, 1.165) is 33.9 Å². The maximum atomic E-state index is 13.9. The fraction of sp³-hybridized carbons (Fsp3) is 0.449. The number of benzene rings is 3. The van der Waals surface area contributed by atoms with Gasteiger partial charge in [-0.1, -0.05) is 45.0 Å². The normalized spacial score (nSPS) is 17.5. The third-order valence-corrected chi connectivity index (χ3v) is 12.1. The summed E-state index contributed by atoms with van der Waals surface area (Å²) in [5.41, 5.74) is -0.543. The lowest BCUT2D eigenvalue weighted by Gasteiger charge is -2.35. The number of carbonyl (C=O) groups is 4. The van der Waals surface area contributed by atoms with Gasteiger partial charge >= 0.3 is 6.18 Å². The first-order valence-corrected chi connectivity index (χ1v) is 22.9. The van der Waals surface area contributed by atoms with Gasteiger partial charge in [0.05, 0.1) is 41.3 Å². The number of nitrogens with one attached hydrogen (secondary N) is 3. The number of rotatable bonds is 20. The Bertz CT molecular complexity index is 2490. The zero-order valence-corrected chi connectivity index (χ0v) is 39.9. The molecule has 0 spiro atoms. The number of β-amino-alcohol motifs (C(OH)–C–C–N with tert-alkyl or cyclic N) is 1. The van der Waals surface area contributed by atoms with Crippen LogP contribution in [0.3, 0.4) is 0 Å². The first kappa shape index (κ1) is 52.0. The number of alkyl halides is 3. The number of hydrogen-bond acceptors (Lipinski definition) is 11. The van der Waals surface area contributed by atoms with Gasteiger partial charge in [-0.15, -0.1) is 0 Å². The molecule has 4 aromatic rings. The molecule has 0 unspecified atom stereocenters. The molecule has 4 N–H and O–H groups in total. The number of nitrogens with zero attached hydrogens (tertiary/aromatic N) is 5. The molecule has 4 amide bonds. The minimum Gasteiger partial charge on any atom is -0.494 e. The molecule has 2 fully saturated rings. The molecule has 1 aromatic heterocycles. The van der Waals surface area contributed by atoms with Gasteiger partial charge in [-0.3, -0.25) is 29.2 Å². The molecule has 0 saturated carbocycles. The monoisotopic (exact) mass is 974 g/mol. The fourth-order valence-electron chi connectivity index (χ4n) is 8.03. The summed E-state index contributed by atoms with van der Waals surface area (Å²) in [5.74, 6) is -1.32. The first-order chi connectivity index (χ1) is 32.7. The molecule has 20 heteroatoms. The SMILES string of the molecule is CC(C)(C)[C@H](NC(=O)COCCCOCCCCOc1ccc(N2C(=S)N(c3ccc(C#N)c(C(F)(F)F)c3)C(=O)C2(C)C)cc1)C(=O)N1C[C@H](O)C[C@H]1C(=O)NCc1ccc(-c2ccn[nH]2)cc1. The van der Waals surface area contributed by atoms with Crippen LogP contribution in [0.4, 0.5) is 24.5 Å². The first-order valence-electron chi connectivity index (χ1n) is 22.5. The molecular formula is C49H57F3N8O8S. The molecule has 0 radical (unpaired) electrons. The second-order valence-electron chi connectivity index (χ2n) is 18.4. The van der Waals surface area contributed by atoms with Crippen molar-refractivity contribution in [2.45, 2.75) is 96.7 Å². The van der Waals surface area contributed by atoms with Crippen molar-refractivity contribution < 1.29 is 51.7 Å². The summed E-state index contributed by atoms with van der Waals surface area (Å²) >= 11 is 5.62. The summed E-state index contributed by atoms with van der Waals surface area (Å²) in [6.45, 7) is 10.1. The lowest BCUT2D eigenvalue weighted by Crippen LogP contribution is -2.58. The number of aromatic nitrogens is 2. The van der Waals surface area contributed by atoms with Crippen molar-refractivity contribution in [2.75, 3.05) is 49.4 Å². The summed E-state index contributed by atoms with van der Waals surface area (Å²) in [4.78, 5) is 57.7. The summed E-state index contributed by atoms with van der Waals surface area (Å²) in [6.07, 6.45) is -2.03. The molecule has 2 aliphatic heterocycles. The van der Waals surface area contributed by atoms with Gasteiger partial charge < -0.3 is 39.8 Å². The van der Waals surface area contributed by atoms with Crippen LogP contribution in [-0.2, 0) is 41.4 Å². The Labute approximate surface area is 404 Å². The van der Waals surface area contributed by atoms with Crippen LogP contribution in [0.15, 0.2) is 79.0 Å². The number of aliphatic hydroxyl groups excluding tert-OH is 1. The van der Waals surface area contributed by atoms with Crippen molar-refractivity contribution in [3.63, 3.8) is 0 Å². The van der Waals surface area contributed by atoms with Gasteiger partial charge in [0.25, 0.3) is 5.91 Å². The lowest BCUT2D eigenvalue weighted by molar-refractivity contribution is -0.144. The predicted octanol–water partition coefficient (Wildman–Crippen LogP) is 6.28. The number of unbranched alkanes of at least 4 members (excludes halogenated alkanes) is 1. The topological polar surface area (TPSA) is 202 Å². The molecule has 2 aliphatic rings. The Balaban J connectivity index is 0.865. The predicted molar refractivity (Wildman–Crippen MR) is 254 cm³/mol. The number of thiocarbonyl (C=S) groups is 1. The summed E-state index contributed by atoms with van der Waals surface area (Å²) in [6, 6.07) is 19.0. The molecule has 69 heavy (non-hydrogen) atoms. The number of nitriles is 1. The molecular weight excluding hydrogens is 918 g/mol. The van der Waals surface area contributed by atoms with Crippen molar-refractivity contribution in [3.05, 3.63) is 95.7 Å².